The van der Waals surface area contributed by atoms with Gasteiger partial charge in [-0.05, 0) is 54.1 Å². The van der Waals surface area contributed by atoms with Gasteiger partial charge in [-0.3, -0.25) is 0 Å². The summed E-state index contributed by atoms with van der Waals surface area (Å²) in [5.74, 6) is 1.19. The van der Waals surface area contributed by atoms with E-state index in [1.807, 2.05) is 42.5 Å². The zero-order chi connectivity index (χ0) is 16.5. The number of hydrogen-bond acceptors (Lipinski definition) is 2. The third-order valence-corrected chi connectivity index (χ3v) is 3.95. The molecule has 0 heterocycles. The molecule has 0 aromatic heterocycles. The number of ether oxygens (including phenoxy) is 1. The Labute approximate surface area is 153 Å². The Morgan fingerprint density at radius 2 is 1.22 bits per heavy atom. The third kappa shape index (κ3) is 6.89. The van der Waals surface area contributed by atoms with E-state index in [4.69, 9.17) is 9.84 Å². The standard InChI is InChI=1S/C13H11BrO.C6H5BrO/c14-12-6-8-13(9-7-12)15-10-11-4-2-1-3-5-11;7-5-1-3-6(8)4-2-5/h1-9H,10H2;1-4,8H. The lowest BCUT2D eigenvalue weighted by Gasteiger charge is -2.05. The molecule has 23 heavy (non-hydrogen) atoms. The molecule has 0 saturated heterocycles. The first kappa shape index (κ1) is 17.6. The van der Waals surface area contributed by atoms with Gasteiger partial charge in [-0.25, -0.2) is 0 Å². The molecule has 4 heteroatoms. The number of rotatable bonds is 3. The monoisotopic (exact) mass is 434 g/mol. The average Bonchev–Trinajstić information content (AvgIpc) is 2.59. The van der Waals surface area contributed by atoms with E-state index in [1.54, 1.807) is 24.3 Å². The van der Waals surface area contributed by atoms with E-state index >= 15 is 0 Å². The summed E-state index contributed by atoms with van der Waals surface area (Å²) in [5, 5.41) is 8.74. The van der Waals surface area contributed by atoms with Gasteiger partial charge in [-0.1, -0.05) is 62.2 Å². The molecule has 2 nitrogen and oxygen atoms in total. The number of halogens is 2. The van der Waals surface area contributed by atoms with Crippen molar-refractivity contribution in [2.45, 2.75) is 6.61 Å². The lowest BCUT2D eigenvalue weighted by molar-refractivity contribution is 0.306. The quantitative estimate of drug-likeness (QED) is 0.531. The predicted molar refractivity (Wildman–Crippen MR) is 101 cm³/mol. The van der Waals surface area contributed by atoms with Crippen LogP contribution in [0.25, 0.3) is 0 Å². The highest BCUT2D eigenvalue weighted by atomic mass is 79.9. The van der Waals surface area contributed by atoms with Crippen molar-refractivity contribution in [2.24, 2.45) is 0 Å². The molecule has 0 atom stereocenters. The second-order valence-electron chi connectivity index (χ2n) is 4.70. The minimum absolute atomic E-state index is 0.299. The van der Waals surface area contributed by atoms with Crippen molar-refractivity contribution in [1.29, 1.82) is 0 Å². The molecule has 0 bridgehead atoms. The molecule has 0 spiro atoms. The Kier molecular flexibility index (Phi) is 7.17. The number of benzene rings is 3. The Hall–Kier alpha value is -1.78. The minimum atomic E-state index is 0.299. The summed E-state index contributed by atoms with van der Waals surface area (Å²) in [6, 6.07) is 24.8. The van der Waals surface area contributed by atoms with Crippen molar-refractivity contribution in [2.75, 3.05) is 0 Å². The lowest BCUT2D eigenvalue weighted by atomic mass is 10.2. The summed E-state index contributed by atoms with van der Waals surface area (Å²) in [4.78, 5) is 0. The number of phenolic OH excluding ortho intramolecular Hbond substituents is 1. The Morgan fingerprint density at radius 1 is 0.696 bits per heavy atom. The van der Waals surface area contributed by atoms with E-state index < -0.39 is 0 Å². The van der Waals surface area contributed by atoms with Crippen molar-refractivity contribution in [3.8, 4) is 11.5 Å². The molecule has 118 valence electrons. The highest BCUT2D eigenvalue weighted by molar-refractivity contribution is 9.10. The maximum Gasteiger partial charge on any atom is 0.119 e. The number of hydrogen-bond donors (Lipinski definition) is 1. The first-order valence-corrected chi connectivity index (χ1v) is 8.59. The smallest absolute Gasteiger partial charge is 0.119 e. The van der Waals surface area contributed by atoms with Crippen LogP contribution in [0.4, 0.5) is 0 Å². The average molecular weight is 436 g/mol. The van der Waals surface area contributed by atoms with Crippen LogP contribution in [0.15, 0.2) is 87.8 Å². The number of phenols is 1. The van der Waals surface area contributed by atoms with Gasteiger partial charge in [0.05, 0.1) is 0 Å². The zero-order valence-corrected chi connectivity index (χ0v) is 15.5. The molecular weight excluding hydrogens is 420 g/mol. The molecule has 3 aromatic carbocycles. The second kappa shape index (κ2) is 9.38. The van der Waals surface area contributed by atoms with Gasteiger partial charge in [-0.15, -0.1) is 0 Å². The van der Waals surface area contributed by atoms with E-state index in [2.05, 4.69) is 44.0 Å². The van der Waals surface area contributed by atoms with E-state index in [-0.39, 0.29) is 0 Å². The van der Waals surface area contributed by atoms with E-state index in [9.17, 15) is 0 Å². The van der Waals surface area contributed by atoms with Crippen LogP contribution in [-0.4, -0.2) is 5.11 Å². The van der Waals surface area contributed by atoms with Crippen molar-refractivity contribution < 1.29 is 9.84 Å². The molecule has 3 rings (SSSR count). The van der Waals surface area contributed by atoms with Crippen molar-refractivity contribution in [1.82, 2.24) is 0 Å². The minimum Gasteiger partial charge on any atom is -0.508 e. The SMILES string of the molecule is Brc1ccc(OCc2ccccc2)cc1.Oc1ccc(Br)cc1. The van der Waals surface area contributed by atoms with Crippen molar-refractivity contribution >= 4 is 31.9 Å². The van der Waals surface area contributed by atoms with Crippen LogP contribution in [0.3, 0.4) is 0 Å². The summed E-state index contributed by atoms with van der Waals surface area (Å²) in [6.07, 6.45) is 0. The summed E-state index contributed by atoms with van der Waals surface area (Å²) in [6.45, 7) is 0.614. The van der Waals surface area contributed by atoms with Crippen molar-refractivity contribution in [3.63, 3.8) is 0 Å². The molecule has 0 aliphatic carbocycles. The first-order chi connectivity index (χ1) is 11.1. The topological polar surface area (TPSA) is 29.5 Å². The maximum atomic E-state index is 8.74. The van der Waals surface area contributed by atoms with Crippen LogP contribution in [0, 0.1) is 0 Å². The molecular formula is C19H16Br2O2. The largest absolute Gasteiger partial charge is 0.508 e. The fraction of sp³-hybridized carbons (Fsp3) is 0.0526. The van der Waals surface area contributed by atoms with E-state index in [0.29, 0.717) is 12.4 Å². The van der Waals surface area contributed by atoms with Gasteiger partial charge in [0.15, 0.2) is 0 Å². The Balaban J connectivity index is 0.000000203. The fourth-order valence-corrected chi connectivity index (χ4v) is 2.24. The maximum absolute atomic E-state index is 8.74. The summed E-state index contributed by atoms with van der Waals surface area (Å²) in [7, 11) is 0. The van der Waals surface area contributed by atoms with Crippen LogP contribution >= 0.6 is 31.9 Å². The van der Waals surface area contributed by atoms with E-state index in [0.717, 1.165) is 14.7 Å². The summed E-state index contributed by atoms with van der Waals surface area (Å²) in [5.41, 5.74) is 1.18. The van der Waals surface area contributed by atoms with Crippen LogP contribution in [-0.2, 0) is 6.61 Å². The molecule has 3 aromatic rings. The van der Waals surface area contributed by atoms with Gasteiger partial charge in [0.25, 0.3) is 0 Å². The van der Waals surface area contributed by atoms with Gasteiger partial charge < -0.3 is 9.84 Å². The van der Waals surface area contributed by atoms with Crippen LogP contribution < -0.4 is 4.74 Å². The molecule has 0 amide bonds. The lowest BCUT2D eigenvalue weighted by Crippen LogP contribution is -1.94. The fourth-order valence-electron chi connectivity index (χ4n) is 1.71. The van der Waals surface area contributed by atoms with Crippen LogP contribution in [0.5, 0.6) is 11.5 Å². The van der Waals surface area contributed by atoms with Gasteiger partial charge in [-0.2, -0.15) is 0 Å². The molecule has 0 saturated carbocycles. The molecule has 0 radical (unpaired) electrons. The molecule has 0 aliphatic heterocycles. The molecule has 0 aliphatic rings. The zero-order valence-electron chi connectivity index (χ0n) is 12.3. The summed E-state index contributed by atoms with van der Waals surface area (Å²) < 4.78 is 7.67. The molecule has 0 fully saturated rings. The van der Waals surface area contributed by atoms with Gasteiger partial charge in [0.2, 0.25) is 0 Å². The third-order valence-electron chi connectivity index (χ3n) is 2.89. The normalized spacial score (nSPS) is 9.65. The first-order valence-electron chi connectivity index (χ1n) is 7.00. The second-order valence-corrected chi connectivity index (χ2v) is 6.54. The van der Waals surface area contributed by atoms with Crippen LogP contribution in [0.1, 0.15) is 5.56 Å². The van der Waals surface area contributed by atoms with Gasteiger partial charge >= 0.3 is 0 Å². The Bertz CT molecular complexity index is 675. The van der Waals surface area contributed by atoms with E-state index in [1.165, 1.54) is 5.56 Å². The summed E-state index contributed by atoms with van der Waals surface area (Å²) >= 11 is 6.62. The van der Waals surface area contributed by atoms with Gasteiger partial charge in [0.1, 0.15) is 18.1 Å². The van der Waals surface area contributed by atoms with Crippen molar-refractivity contribution in [3.05, 3.63) is 93.4 Å². The molecule has 1 N–H and O–H groups in total. The van der Waals surface area contributed by atoms with Gasteiger partial charge in [0, 0.05) is 8.95 Å². The predicted octanol–water partition coefficient (Wildman–Crippen LogP) is 6.18. The Morgan fingerprint density at radius 3 is 1.74 bits per heavy atom. The highest BCUT2D eigenvalue weighted by Gasteiger charge is 1.94. The van der Waals surface area contributed by atoms with Crippen LogP contribution in [0.2, 0.25) is 0 Å². The highest BCUT2D eigenvalue weighted by Crippen LogP contribution is 2.17. The number of aromatic hydroxyl groups is 1. The molecule has 0 unspecified atom stereocenters.